The molecule has 0 bridgehead atoms. The molecule has 0 aliphatic carbocycles. The Morgan fingerprint density at radius 2 is 1.44 bits per heavy atom. The molecule has 0 amide bonds. The van der Waals surface area contributed by atoms with Crippen LogP contribution < -0.4 is 20.1 Å². The Kier molecular flexibility index (Phi) is 7.20. The van der Waals surface area contributed by atoms with Gasteiger partial charge in [0.15, 0.2) is 0 Å². The molecule has 1 aliphatic rings. The summed E-state index contributed by atoms with van der Waals surface area (Å²) in [5.74, 6) is 0.952. The molecule has 0 saturated carbocycles. The maximum absolute atomic E-state index is 7.21. The largest absolute Gasteiger partial charge is 0.534 e. The van der Waals surface area contributed by atoms with Crippen LogP contribution in [0.3, 0.4) is 0 Å². The molecule has 1 fully saturated rings. The molecular weight excluding hydrogens is 476 g/mol. The molecular formula is C27H33BrN2OSi. The van der Waals surface area contributed by atoms with Crippen LogP contribution in [0, 0.1) is 0 Å². The van der Waals surface area contributed by atoms with Gasteiger partial charge in [-0.1, -0.05) is 97.4 Å². The fourth-order valence-corrected chi connectivity index (χ4v) is 9.46. The average Bonchev–Trinajstić information content (AvgIpc) is 2.80. The molecule has 32 heavy (non-hydrogen) atoms. The molecule has 1 aliphatic heterocycles. The second kappa shape index (κ2) is 9.92. The summed E-state index contributed by atoms with van der Waals surface area (Å²) >= 11 is 3.78. The Bertz CT molecular complexity index is 975. The fraction of sp³-hybridized carbons (Fsp3) is 0.333. The maximum Gasteiger partial charge on any atom is 0.319 e. The number of piperazine rings is 1. The summed E-state index contributed by atoms with van der Waals surface area (Å²) < 4.78 is 8.35. The van der Waals surface area contributed by atoms with Crippen molar-refractivity contribution in [3.05, 3.63) is 88.9 Å². The number of hydrogen-bond donors (Lipinski definition) is 1. The number of benzene rings is 3. The van der Waals surface area contributed by atoms with Gasteiger partial charge in [0.2, 0.25) is 0 Å². The monoisotopic (exact) mass is 508 g/mol. The zero-order chi connectivity index (χ0) is 22.6. The van der Waals surface area contributed by atoms with Gasteiger partial charge < -0.3 is 9.74 Å². The second-order valence-electron chi connectivity index (χ2n) is 9.54. The Hall–Kier alpha value is -1.92. The van der Waals surface area contributed by atoms with E-state index in [2.05, 4.69) is 126 Å². The van der Waals surface area contributed by atoms with Crippen molar-refractivity contribution in [1.82, 2.24) is 10.2 Å². The molecule has 0 atom stereocenters. The quantitative estimate of drug-likeness (QED) is 0.484. The van der Waals surface area contributed by atoms with Gasteiger partial charge in [-0.25, -0.2) is 0 Å². The minimum absolute atomic E-state index is 0.0541. The predicted octanol–water partition coefficient (Wildman–Crippen LogP) is 4.79. The molecule has 5 heteroatoms. The Labute approximate surface area is 202 Å². The maximum atomic E-state index is 7.21. The Morgan fingerprint density at radius 1 is 0.875 bits per heavy atom. The van der Waals surface area contributed by atoms with Crippen LogP contribution in [0.15, 0.2) is 83.3 Å². The second-order valence-corrected chi connectivity index (χ2v) is 14.6. The van der Waals surface area contributed by atoms with E-state index in [9.17, 15) is 0 Å². The highest BCUT2D eigenvalue weighted by atomic mass is 79.9. The molecule has 0 unspecified atom stereocenters. The third-order valence-corrected chi connectivity index (χ3v) is 12.0. The van der Waals surface area contributed by atoms with Crippen LogP contribution in [0.5, 0.6) is 5.75 Å². The van der Waals surface area contributed by atoms with Crippen molar-refractivity contribution in [3.63, 3.8) is 0 Å². The van der Waals surface area contributed by atoms with Crippen molar-refractivity contribution in [3.8, 4) is 5.75 Å². The summed E-state index contributed by atoms with van der Waals surface area (Å²) in [6, 6.07) is 28.2. The molecule has 168 valence electrons. The Balaban J connectivity index is 1.77. The van der Waals surface area contributed by atoms with E-state index in [4.69, 9.17) is 4.43 Å². The van der Waals surface area contributed by atoms with E-state index in [1.807, 2.05) is 0 Å². The van der Waals surface area contributed by atoms with Gasteiger partial charge in [-0.3, -0.25) is 4.90 Å². The minimum Gasteiger partial charge on any atom is -0.534 e. The molecule has 1 saturated heterocycles. The zero-order valence-corrected chi connectivity index (χ0v) is 21.9. The summed E-state index contributed by atoms with van der Waals surface area (Å²) in [7, 11) is -2.62. The number of halogens is 1. The van der Waals surface area contributed by atoms with Crippen molar-refractivity contribution < 1.29 is 4.43 Å². The van der Waals surface area contributed by atoms with Crippen molar-refractivity contribution in [2.45, 2.75) is 32.4 Å². The molecule has 3 aromatic carbocycles. The normalized spacial score (nSPS) is 15.5. The first-order chi connectivity index (χ1) is 15.4. The lowest BCUT2D eigenvalue weighted by atomic mass is 10.2. The number of rotatable bonds is 6. The molecule has 1 N–H and O–H groups in total. The molecule has 1 heterocycles. The van der Waals surface area contributed by atoms with Crippen molar-refractivity contribution in [2.75, 3.05) is 26.2 Å². The van der Waals surface area contributed by atoms with Crippen LogP contribution in [0.1, 0.15) is 26.3 Å². The number of nitrogens with one attached hydrogen (secondary N) is 1. The topological polar surface area (TPSA) is 24.5 Å². The number of nitrogens with zero attached hydrogens (tertiary/aromatic N) is 1. The highest BCUT2D eigenvalue weighted by molar-refractivity contribution is 9.10. The van der Waals surface area contributed by atoms with E-state index < -0.39 is 8.32 Å². The smallest absolute Gasteiger partial charge is 0.319 e. The van der Waals surface area contributed by atoms with E-state index in [0.29, 0.717) is 0 Å². The molecule has 4 rings (SSSR count). The van der Waals surface area contributed by atoms with E-state index in [1.165, 1.54) is 15.9 Å². The first-order valence-corrected chi connectivity index (χ1v) is 14.1. The third kappa shape index (κ3) is 4.86. The van der Waals surface area contributed by atoms with Crippen LogP contribution >= 0.6 is 15.9 Å². The first kappa shape index (κ1) is 23.2. The SMILES string of the molecule is CC(C)(C)[Si](Oc1ccc(Br)c(CN2CCNCC2)c1)(c1ccccc1)c1ccccc1. The molecule has 0 radical (unpaired) electrons. The summed E-state index contributed by atoms with van der Waals surface area (Å²) in [5, 5.41) is 5.98. The predicted molar refractivity (Wildman–Crippen MR) is 141 cm³/mol. The lowest BCUT2D eigenvalue weighted by Gasteiger charge is -2.43. The van der Waals surface area contributed by atoms with Gasteiger partial charge >= 0.3 is 8.32 Å². The van der Waals surface area contributed by atoms with Gasteiger partial charge in [0.25, 0.3) is 0 Å². The average molecular weight is 510 g/mol. The zero-order valence-electron chi connectivity index (χ0n) is 19.3. The fourth-order valence-electron chi connectivity index (χ4n) is 4.67. The van der Waals surface area contributed by atoms with Crippen LogP contribution in [-0.2, 0) is 6.54 Å². The summed E-state index contributed by atoms with van der Waals surface area (Å²) in [5.41, 5.74) is 1.28. The summed E-state index contributed by atoms with van der Waals surface area (Å²) in [6.45, 7) is 12.1. The molecule has 3 aromatic rings. The van der Waals surface area contributed by atoms with Crippen molar-refractivity contribution in [1.29, 1.82) is 0 Å². The van der Waals surface area contributed by atoms with Gasteiger partial charge in [0, 0.05) is 37.2 Å². The first-order valence-electron chi connectivity index (χ1n) is 11.4. The van der Waals surface area contributed by atoms with Gasteiger partial charge in [0.1, 0.15) is 5.75 Å². The van der Waals surface area contributed by atoms with Crippen LogP contribution in [-0.4, -0.2) is 39.4 Å². The number of hydrogen-bond acceptors (Lipinski definition) is 3. The van der Waals surface area contributed by atoms with Gasteiger partial charge in [-0.05, 0) is 39.2 Å². The van der Waals surface area contributed by atoms with E-state index in [-0.39, 0.29) is 5.04 Å². The highest BCUT2D eigenvalue weighted by Crippen LogP contribution is 2.38. The van der Waals surface area contributed by atoms with Crippen LogP contribution in [0.2, 0.25) is 5.04 Å². The minimum atomic E-state index is -2.62. The van der Waals surface area contributed by atoms with Crippen molar-refractivity contribution >= 4 is 34.6 Å². The van der Waals surface area contributed by atoms with E-state index in [1.54, 1.807) is 0 Å². The van der Waals surface area contributed by atoms with Crippen molar-refractivity contribution in [2.24, 2.45) is 0 Å². The molecule has 0 spiro atoms. The Morgan fingerprint density at radius 3 is 1.97 bits per heavy atom. The van der Waals surface area contributed by atoms with E-state index in [0.717, 1.165) is 42.9 Å². The summed E-state index contributed by atoms with van der Waals surface area (Å²) in [6.07, 6.45) is 0. The molecule has 0 aromatic heterocycles. The third-order valence-electron chi connectivity index (χ3n) is 6.31. The van der Waals surface area contributed by atoms with Gasteiger partial charge in [0.05, 0.1) is 0 Å². The van der Waals surface area contributed by atoms with Crippen LogP contribution in [0.4, 0.5) is 0 Å². The standard InChI is InChI=1S/C27H33BrN2OSi/c1-27(2,3)32(24-10-6-4-7-11-24,25-12-8-5-9-13-25)31-23-14-15-26(28)22(20-23)21-30-18-16-29-17-19-30/h4-15,20,29H,16-19,21H2,1-3H3. The lowest BCUT2D eigenvalue weighted by molar-refractivity contribution is 0.232. The highest BCUT2D eigenvalue weighted by Gasteiger charge is 2.52. The molecule has 3 nitrogen and oxygen atoms in total. The lowest BCUT2D eigenvalue weighted by Crippen LogP contribution is -2.68. The van der Waals surface area contributed by atoms with Crippen LogP contribution in [0.25, 0.3) is 0 Å². The summed E-state index contributed by atoms with van der Waals surface area (Å²) in [4.78, 5) is 2.50. The van der Waals surface area contributed by atoms with Gasteiger partial charge in [-0.15, -0.1) is 0 Å². The van der Waals surface area contributed by atoms with Gasteiger partial charge in [-0.2, -0.15) is 0 Å². The van der Waals surface area contributed by atoms with E-state index >= 15 is 0 Å².